The molecule has 3 nitrogen and oxygen atoms in total. The maximum atomic E-state index is 10.3. The molecule has 0 spiro atoms. The maximum Gasteiger partial charge on any atom is 0.213 e. The standard InChI is InChI=1S/C14H26N2O/c1-8-9-16-12(17)10(13(2,3)4)11(15-16)14(5,6)7/h17H,8-9H2,1-7H3. The second-order valence-corrected chi connectivity index (χ2v) is 6.77. The Morgan fingerprint density at radius 3 is 1.88 bits per heavy atom. The summed E-state index contributed by atoms with van der Waals surface area (Å²) in [4.78, 5) is 0. The highest BCUT2D eigenvalue weighted by Gasteiger charge is 2.32. The monoisotopic (exact) mass is 238 g/mol. The average Bonchev–Trinajstić information content (AvgIpc) is 2.43. The molecule has 0 fully saturated rings. The van der Waals surface area contributed by atoms with Gasteiger partial charge in [0.05, 0.1) is 5.69 Å². The molecule has 0 saturated carbocycles. The molecule has 1 rings (SSSR count). The van der Waals surface area contributed by atoms with E-state index in [9.17, 15) is 5.11 Å². The number of aromatic hydroxyl groups is 1. The van der Waals surface area contributed by atoms with Crippen LogP contribution in [0.15, 0.2) is 0 Å². The van der Waals surface area contributed by atoms with Gasteiger partial charge in [0.15, 0.2) is 0 Å². The molecule has 0 saturated heterocycles. The molecule has 0 aliphatic rings. The molecule has 0 aliphatic carbocycles. The highest BCUT2D eigenvalue weighted by molar-refractivity contribution is 5.40. The van der Waals surface area contributed by atoms with Gasteiger partial charge in [0.1, 0.15) is 0 Å². The fourth-order valence-electron chi connectivity index (χ4n) is 2.04. The first kappa shape index (κ1) is 14.1. The van der Waals surface area contributed by atoms with Crippen LogP contribution in [0, 0.1) is 0 Å². The summed E-state index contributed by atoms with van der Waals surface area (Å²) in [6, 6.07) is 0. The largest absolute Gasteiger partial charge is 0.493 e. The van der Waals surface area contributed by atoms with Gasteiger partial charge in [0.2, 0.25) is 5.88 Å². The van der Waals surface area contributed by atoms with Crippen molar-refractivity contribution in [3.05, 3.63) is 11.3 Å². The van der Waals surface area contributed by atoms with Crippen molar-refractivity contribution in [3.63, 3.8) is 0 Å². The van der Waals surface area contributed by atoms with E-state index in [1.54, 1.807) is 4.68 Å². The van der Waals surface area contributed by atoms with Gasteiger partial charge >= 0.3 is 0 Å². The van der Waals surface area contributed by atoms with Gasteiger partial charge in [0.25, 0.3) is 0 Å². The lowest BCUT2D eigenvalue weighted by atomic mass is 9.79. The van der Waals surface area contributed by atoms with E-state index >= 15 is 0 Å². The van der Waals surface area contributed by atoms with Crippen LogP contribution in [0.2, 0.25) is 0 Å². The summed E-state index contributed by atoms with van der Waals surface area (Å²) < 4.78 is 1.74. The van der Waals surface area contributed by atoms with Crippen LogP contribution in [0.5, 0.6) is 5.88 Å². The molecule has 0 aromatic carbocycles. The van der Waals surface area contributed by atoms with Gasteiger partial charge in [-0.1, -0.05) is 48.5 Å². The molecule has 3 heteroatoms. The first-order valence-corrected chi connectivity index (χ1v) is 6.39. The lowest BCUT2D eigenvalue weighted by molar-refractivity contribution is 0.383. The van der Waals surface area contributed by atoms with Crippen LogP contribution in [0.4, 0.5) is 0 Å². The van der Waals surface area contributed by atoms with Crippen molar-refractivity contribution in [1.82, 2.24) is 9.78 Å². The van der Waals surface area contributed by atoms with Gasteiger partial charge in [0, 0.05) is 17.5 Å². The molecular formula is C14H26N2O. The molecule has 0 bridgehead atoms. The highest BCUT2D eigenvalue weighted by atomic mass is 16.3. The van der Waals surface area contributed by atoms with Crippen LogP contribution < -0.4 is 0 Å². The Kier molecular flexibility index (Phi) is 3.60. The molecule has 1 aromatic heterocycles. The van der Waals surface area contributed by atoms with Crippen molar-refractivity contribution in [2.45, 2.75) is 72.3 Å². The third-order valence-corrected chi connectivity index (χ3v) is 2.82. The Balaban J connectivity index is 3.43. The fraction of sp³-hybridized carbons (Fsp3) is 0.786. The smallest absolute Gasteiger partial charge is 0.213 e. The molecular weight excluding hydrogens is 212 g/mol. The van der Waals surface area contributed by atoms with Gasteiger partial charge < -0.3 is 5.11 Å². The molecule has 0 amide bonds. The zero-order valence-corrected chi connectivity index (χ0v) is 12.3. The Hall–Kier alpha value is -0.990. The second-order valence-electron chi connectivity index (χ2n) is 6.77. The molecule has 1 heterocycles. The Morgan fingerprint density at radius 2 is 1.59 bits per heavy atom. The summed E-state index contributed by atoms with van der Waals surface area (Å²) in [6.07, 6.45) is 0.975. The SMILES string of the molecule is CCCn1nc(C(C)(C)C)c(C(C)(C)C)c1O. The van der Waals surface area contributed by atoms with E-state index in [1.807, 2.05) is 0 Å². The third kappa shape index (κ3) is 2.82. The van der Waals surface area contributed by atoms with Crippen LogP contribution in [-0.2, 0) is 17.4 Å². The van der Waals surface area contributed by atoms with E-state index in [1.165, 1.54) is 0 Å². The van der Waals surface area contributed by atoms with Crippen molar-refractivity contribution in [2.24, 2.45) is 0 Å². The highest BCUT2D eigenvalue weighted by Crippen LogP contribution is 2.38. The summed E-state index contributed by atoms with van der Waals surface area (Å²) in [5.74, 6) is 0.337. The van der Waals surface area contributed by atoms with Crippen molar-refractivity contribution < 1.29 is 5.11 Å². The van der Waals surface area contributed by atoms with Crippen molar-refractivity contribution in [2.75, 3.05) is 0 Å². The summed E-state index contributed by atoms with van der Waals surface area (Å²) >= 11 is 0. The van der Waals surface area contributed by atoms with E-state index in [-0.39, 0.29) is 10.8 Å². The Bertz CT molecular complexity index is 392. The summed E-state index contributed by atoms with van der Waals surface area (Å²) in [5, 5.41) is 14.9. The van der Waals surface area contributed by atoms with Crippen molar-refractivity contribution >= 4 is 0 Å². The van der Waals surface area contributed by atoms with Gasteiger partial charge in [-0.25, -0.2) is 4.68 Å². The van der Waals surface area contributed by atoms with Gasteiger partial charge in [-0.3, -0.25) is 0 Å². The molecule has 98 valence electrons. The number of hydrogen-bond donors (Lipinski definition) is 1. The first-order chi connectivity index (χ1) is 7.59. The van der Waals surface area contributed by atoms with Crippen LogP contribution in [0.25, 0.3) is 0 Å². The molecule has 1 aromatic rings. The molecule has 0 atom stereocenters. The quantitative estimate of drug-likeness (QED) is 0.855. The summed E-state index contributed by atoms with van der Waals surface area (Å²) in [7, 11) is 0. The summed E-state index contributed by atoms with van der Waals surface area (Å²) in [6.45, 7) is 15.6. The van der Waals surface area contributed by atoms with Crippen LogP contribution in [-0.4, -0.2) is 14.9 Å². The predicted octanol–water partition coefficient (Wildman–Crippen LogP) is 3.59. The van der Waals surface area contributed by atoms with Crippen molar-refractivity contribution in [1.29, 1.82) is 0 Å². The summed E-state index contributed by atoms with van der Waals surface area (Å²) in [5.41, 5.74) is 1.87. The zero-order valence-electron chi connectivity index (χ0n) is 12.3. The topological polar surface area (TPSA) is 38.0 Å². The Labute approximate surface area is 105 Å². The van der Waals surface area contributed by atoms with Gasteiger partial charge in [-0.05, 0) is 11.8 Å². The molecule has 0 radical (unpaired) electrons. The predicted molar refractivity (Wildman–Crippen MR) is 71.6 cm³/mol. The lowest BCUT2D eigenvalue weighted by Gasteiger charge is -2.24. The minimum absolute atomic E-state index is 0.0426. The normalized spacial score (nSPS) is 13.1. The third-order valence-electron chi connectivity index (χ3n) is 2.82. The first-order valence-electron chi connectivity index (χ1n) is 6.39. The van der Waals surface area contributed by atoms with E-state index in [2.05, 4.69) is 53.6 Å². The van der Waals surface area contributed by atoms with Crippen LogP contribution >= 0.6 is 0 Å². The second kappa shape index (κ2) is 4.35. The van der Waals surface area contributed by atoms with E-state index in [0.717, 1.165) is 24.2 Å². The van der Waals surface area contributed by atoms with Crippen LogP contribution in [0.3, 0.4) is 0 Å². The van der Waals surface area contributed by atoms with E-state index in [0.29, 0.717) is 5.88 Å². The maximum absolute atomic E-state index is 10.3. The number of aromatic nitrogens is 2. The van der Waals surface area contributed by atoms with Gasteiger partial charge in [-0.2, -0.15) is 5.10 Å². The molecule has 17 heavy (non-hydrogen) atoms. The Morgan fingerprint density at radius 1 is 1.06 bits per heavy atom. The lowest BCUT2D eigenvalue weighted by Crippen LogP contribution is -2.21. The molecule has 1 N–H and O–H groups in total. The van der Waals surface area contributed by atoms with Crippen molar-refractivity contribution in [3.8, 4) is 5.88 Å². The van der Waals surface area contributed by atoms with Crippen LogP contribution in [0.1, 0.15) is 66.1 Å². The number of aryl methyl sites for hydroxylation is 1. The molecule has 0 unspecified atom stereocenters. The van der Waals surface area contributed by atoms with E-state index < -0.39 is 0 Å². The number of hydrogen-bond acceptors (Lipinski definition) is 2. The minimum Gasteiger partial charge on any atom is -0.493 e. The van der Waals surface area contributed by atoms with Gasteiger partial charge in [-0.15, -0.1) is 0 Å². The number of nitrogens with zero attached hydrogens (tertiary/aromatic N) is 2. The number of rotatable bonds is 2. The fourth-order valence-corrected chi connectivity index (χ4v) is 2.04. The average molecular weight is 238 g/mol. The van der Waals surface area contributed by atoms with E-state index in [4.69, 9.17) is 0 Å². The molecule has 0 aliphatic heterocycles. The minimum atomic E-state index is -0.0846. The zero-order chi connectivity index (χ0) is 13.4.